The molecule has 0 bridgehead atoms. The van der Waals surface area contributed by atoms with E-state index in [-0.39, 0.29) is 12.0 Å². The molecule has 1 unspecified atom stereocenters. The lowest BCUT2D eigenvalue weighted by molar-refractivity contribution is 0.0176. The first kappa shape index (κ1) is 31.0. The minimum absolute atomic E-state index is 0.0992. The predicted octanol–water partition coefficient (Wildman–Crippen LogP) is 7.60. The molecule has 0 spiro atoms. The first-order valence-corrected chi connectivity index (χ1v) is 16.3. The number of benzene rings is 1. The Hall–Kier alpha value is -3.39. The molecule has 2 aliphatic heterocycles. The zero-order valence-corrected chi connectivity index (χ0v) is 27.5. The van der Waals surface area contributed by atoms with Gasteiger partial charge >= 0.3 is 6.09 Å². The number of fused-ring (bicyclic) bond motifs is 1. The number of thiophene rings is 1. The van der Waals surface area contributed by atoms with Gasteiger partial charge in [-0.3, -0.25) is 4.79 Å². The van der Waals surface area contributed by atoms with E-state index in [0.717, 1.165) is 52.8 Å². The number of nitrogens with zero attached hydrogens (tertiary/aromatic N) is 3. The second-order valence-corrected chi connectivity index (χ2v) is 14.2. The number of aryl methyl sites for hydroxylation is 2. The van der Waals surface area contributed by atoms with Crippen molar-refractivity contribution in [3.8, 4) is 5.88 Å². The molecule has 2 aliphatic rings. The summed E-state index contributed by atoms with van der Waals surface area (Å²) in [5.74, 6) is 1.50. The van der Waals surface area contributed by atoms with Crippen LogP contribution in [0, 0.1) is 26.7 Å². The highest BCUT2D eigenvalue weighted by atomic mass is 32.1. The number of hydrogen-bond acceptors (Lipinski definition) is 6. The van der Waals surface area contributed by atoms with Gasteiger partial charge in [-0.1, -0.05) is 37.3 Å². The number of likely N-dealkylation sites (tertiary alicyclic amines) is 1. The highest BCUT2D eigenvalue weighted by Crippen LogP contribution is 2.42. The maximum absolute atomic E-state index is 14.0. The molecule has 43 heavy (non-hydrogen) atoms. The first-order chi connectivity index (χ1) is 20.4. The van der Waals surface area contributed by atoms with Crippen molar-refractivity contribution in [3.63, 3.8) is 0 Å². The smallest absolute Gasteiger partial charge is 0.410 e. The molecule has 0 N–H and O–H groups in total. The number of hydrogen-bond donors (Lipinski definition) is 0. The summed E-state index contributed by atoms with van der Waals surface area (Å²) in [6.45, 7) is 17.2. The van der Waals surface area contributed by atoms with Crippen molar-refractivity contribution in [2.24, 2.45) is 5.92 Å². The molecular weight excluding hydrogens is 558 g/mol. The largest absolute Gasteiger partial charge is 0.473 e. The Morgan fingerprint density at radius 1 is 1.09 bits per heavy atom. The average Bonchev–Trinajstić information content (AvgIpc) is 3.30. The van der Waals surface area contributed by atoms with E-state index in [1.807, 2.05) is 79.2 Å². The van der Waals surface area contributed by atoms with E-state index in [1.54, 1.807) is 0 Å². The van der Waals surface area contributed by atoms with Crippen LogP contribution in [0.25, 0.3) is 0 Å². The Kier molecular flexibility index (Phi) is 9.16. The Balaban J connectivity index is 1.28. The lowest BCUT2D eigenvalue weighted by Gasteiger charge is -2.35. The summed E-state index contributed by atoms with van der Waals surface area (Å²) < 4.78 is 11.8. The number of carbonyl (C=O) groups excluding carboxylic acids is 2. The first-order valence-electron chi connectivity index (χ1n) is 15.4. The molecule has 0 saturated carbocycles. The molecule has 2 aromatic heterocycles. The van der Waals surface area contributed by atoms with E-state index in [4.69, 9.17) is 14.5 Å². The van der Waals surface area contributed by atoms with Crippen molar-refractivity contribution < 1.29 is 19.1 Å². The zero-order valence-electron chi connectivity index (χ0n) is 26.7. The van der Waals surface area contributed by atoms with Gasteiger partial charge in [0.05, 0.1) is 12.1 Å². The van der Waals surface area contributed by atoms with Crippen LogP contribution in [0.5, 0.6) is 5.88 Å². The van der Waals surface area contributed by atoms with Crippen molar-refractivity contribution in [1.82, 2.24) is 14.8 Å². The fraction of sp³-hybridized carbons (Fsp3) is 0.514. The third-order valence-electron chi connectivity index (χ3n) is 8.68. The molecular formula is C35H45N3O4S. The molecule has 1 aromatic carbocycles. The van der Waals surface area contributed by atoms with Gasteiger partial charge in [-0.05, 0) is 89.0 Å². The zero-order chi connectivity index (χ0) is 30.9. The highest BCUT2D eigenvalue weighted by Gasteiger charge is 2.35. The molecule has 230 valence electrons. The Morgan fingerprint density at radius 2 is 1.79 bits per heavy atom. The Morgan fingerprint density at radius 3 is 2.47 bits per heavy atom. The van der Waals surface area contributed by atoms with Crippen molar-refractivity contribution in [1.29, 1.82) is 0 Å². The van der Waals surface area contributed by atoms with Gasteiger partial charge in [-0.15, -0.1) is 11.3 Å². The standard InChI is InChI=1S/C35H45N3O4S/c1-22-19-23(2)36-32(41-21-26-11-9-8-10-12-26)28(22)20-38-18-15-29-30(33(38)39)25(4)31(43-29)24(3)27-13-16-37(17-14-27)34(40)42-35(5,6)7/h8-12,19,24,27H,13-18,20-21H2,1-7H3. The van der Waals surface area contributed by atoms with Gasteiger partial charge in [0.1, 0.15) is 12.2 Å². The van der Waals surface area contributed by atoms with Gasteiger partial charge in [0.15, 0.2) is 0 Å². The fourth-order valence-electron chi connectivity index (χ4n) is 6.31. The molecule has 1 saturated heterocycles. The van der Waals surface area contributed by atoms with Crippen LogP contribution in [0.4, 0.5) is 4.79 Å². The van der Waals surface area contributed by atoms with Crippen LogP contribution in [0.15, 0.2) is 36.4 Å². The van der Waals surface area contributed by atoms with Gasteiger partial charge in [0.2, 0.25) is 5.88 Å². The number of rotatable bonds is 7. The molecule has 7 nitrogen and oxygen atoms in total. The molecule has 2 amide bonds. The van der Waals surface area contributed by atoms with Crippen LogP contribution >= 0.6 is 11.3 Å². The monoisotopic (exact) mass is 603 g/mol. The van der Waals surface area contributed by atoms with Gasteiger partial charge in [-0.25, -0.2) is 9.78 Å². The number of piperidine rings is 1. The summed E-state index contributed by atoms with van der Waals surface area (Å²) in [5, 5.41) is 0. The van der Waals surface area contributed by atoms with E-state index in [2.05, 4.69) is 26.8 Å². The van der Waals surface area contributed by atoms with Crippen LogP contribution in [0.1, 0.15) is 94.5 Å². The maximum Gasteiger partial charge on any atom is 0.410 e. The van der Waals surface area contributed by atoms with Crippen LogP contribution in [0.2, 0.25) is 0 Å². The maximum atomic E-state index is 14.0. The lowest BCUT2D eigenvalue weighted by Crippen LogP contribution is -2.42. The van der Waals surface area contributed by atoms with E-state index in [0.29, 0.717) is 50.5 Å². The summed E-state index contributed by atoms with van der Waals surface area (Å²) in [7, 11) is 0. The molecule has 8 heteroatoms. The molecule has 5 rings (SSSR count). The summed E-state index contributed by atoms with van der Waals surface area (Å²) in [5.41, 5.74) is 5.56. The Labute approximate surface area is 260 Å². The second-order valence-electron chi connectivity index (χ2n) is 13.1. The van der Waals surface area contributed by atoms with Crippen molar-refractivity contribution >= 4 is 23.3 Å². The van der Waals surface area contributed by atoms with Crippen molar-refractivity contribution in [2.75, 3.05) is 19.6 Å². The number of aromatic nitrogens is 1. The summed E-state index contributed by atoms with van der Waals surface area (Å²) in [4.78, 5) is 37.6. The van der Waals surface area contributed by atoms with Crippen LogP contribution in [-0.4, -0.2) is 52.0 Å². The second kappa shape index (κ2) is 12.7. The number of carbonyl (C=O) groups is 2. The van der Waals surface area contributed by atoms with Gasteiger partial charge in [0.25, 0.3) is 5.91 Å². The van der Waals surface area contributed by atoms with E-state index in [9.17, 15) is 9.59 Å². The van der Waals surface area contributed by atoms with Gasteiger partial charge in [-0.2, -0.15) is 0 Å². The van der Waals surface area contributed by atoms with Crippen LogP contribution in [0.3, 0.4) is 0 Å². The number of pyridine rings is 1. The SMILES string of the molecule is Cc1cc(C)c(CN2CCc3sc(C(C)C4CCN(C(=O)OC(C)(C)C)CC4)c(C)c3C2=O)c(OCc2ccccc2)n1. The fourth-order valence-corrected chi connectivity index (χ4v) is 7.74. The molecule has 1 atom stereocenters. The lowest BCUT2D eigenvalue weighted by atomic mass is 9.83. The van der Waals surface area contributed by atoms with E-state index < -0.39 is 5.60 Å². The minimum Gasteiger partial charge on any atom is -0.473 e. The quantitative estimate of drug-likeness (QED) is 0.278. The van der Waals surface area contributed by atoms with E-state index in [1.165, 1.54) is 9.75 Å². The Bertz CT molecular complexity index is 1470. The molecule has 0 radical (unpaired) electrons. The predicted molar refractivity (Wildman–Crippen MR) is 171 cm³/mol. The van der Waals surface area contributed by atoms with Gasteiger partial charge in [0, 0.05) is 47.1 Å². The third-order valence-corrected chi connectivity index (χ3v) is 10.2. The normalized spacial score (nSPS) is 16.7. The molecule has 3 aromatic rings. The topological polar surface area (TPSA) is 72.0 Å². The van der Waals surface area contributed by atoms with Crippen molar-refractivity contribution in [2.45, 2.75) is 92.4 Å². The number of amides is 2. The highest BCUT2D eigenvalue weighted by molar-refractivity contribution is 7.12. The van der Waals surface area contributed by atoms with Crippen LogP contribution < -0.4 is 4.74 Å². The summed E-state index contributed by atoms with van der Waals surface area (Å²) in [6.07, 6.45) is 2.51. The van der Waals surface area contributed by atoms with Crippen LogP contribution in [-0.2, 0) is 24.3 Å². The average molecular weight is 604 g/mol. The third kappa shape index (κ3) is 7.06. The molecule has 4 heterocycles. The van der Waals surface area contributed by atoms with E-state index >= 15 is 0 Å². The number of ether oxygens (including phenoxy) is 2. The van der Waals surface area contributed by atoms with Crippen molar-refractivity contribution in [3.05, 3.63) is 79.7 Å². The summed E-state index contributed by atoms with van der Waals surface area (Å²) >= 11 is 1.81. The minimum atomic E-state index is -0.486. The van der Waals surface area contributed by atoms with Gasteiger partial charge < -0.3 is 19.3 Å². The molecule has 1 fully saturated rings. The summed E-state index contributed by atoms with van der Waals surface area (Å²) in [6, 6.07) is 12.1. The molecule has 0 aliphatic carbocycles.